The van der Waals surface area contributed by atoms with Crippen LogP contribution in [0.25, 0.3) is 22.4 Å². The Morgan fingerprint density at radius 2 is 1.53 bits per heavy atom. The van der Waals surface area contributed by atoms with Gasteiger partial charge >= 0.3 is 0 Å². The minimum atomic E-state index is 0.0230. The van der Waals surface area contributed by atoms with Gasteiger partial charge in [-0.15, -0.1) is 0 Å². The summed E-state index contributed by atoms with van der Waals surface area (Å²) in [5, 5.41) is 0. The number of rotatable bonds is 7. The van der Waals surface area contributed by atoms with E-state index in [1.54, 1.807) is 5.56 Å². The Morgan fingerprint density at radius 1 is 0.830 bits per heavy atom. The van der Waals surface area contributed by atoms with Crippen LogP contribution >= 0.6 is 0 Å². The van der Waals surface area contributed by atoms with Gasteiger partial charge in [-0.05, 0) is 142 Å². The van der Waals surface area contributed by atoms with Crippen molar-refractivity contribution in [3.05, 3.63) is 81.8 Å². The van der Waals surface area contributed by atoms with Crippen molar-refractivity contribution >= 4 is 5.91 Å². The van der Waals surface area contributed by atoms with Gasteiger partial charge in [0, 0.05) is 36.2 Å². The minimum absolute atomic E-state index is 0.0230. The molecule has 2 N–H and O–H groups in total. The van der Waals surface area contributed by atoms with E-state index in [1.807, 2.05) is 12.4 Å². The van der Waals surface area contributed by atoms with Crippen LogP contribution in [0.5, 0.6) is 0 Å². The highest BCUT2D eigenvalue weighted by Crippen LogP contribution is 2.58. The third-order valence-corrected chi connectivity index (χ3v) is 13.5. The summed E-state index contributed by atoms with van der Waals surface area (Å²) in [6, 6.07) is 10.4. The van der Waals surface area contributed by atoms with Crippen molar-refractivity contribution in [3.8, 4) is 34.2 Å². The molecule has 2 bridgehead atoms. The Bertz CT molecular complexity index is 2110. The number of hydrogen-bond acceptors (Lipinski definition) is 5. The first-order valence-electron chi connectivity index (χ1n) is 20.4. The van der Waals surface area contributed by atoms with Gasteiger partial charge in [-0.2, -0.15) is 0 Å². The molecule has 2 aliphatic carbocycles. The van der Waals surface area contributed by atoms with E-state index >= 15 is 0 Å². The molecule has 0 radical (unpaired) electrons. The molecule has 3 fully saturated rings. The van der Waals surface area contributed by atoms with E-state index in [-0.39, 0.29) is 18.0 Å². The fraction of sp³-hybridized carbons (Fsp3) is 0.533. The van der Waals surface area contributed by atoms with Gasteiger partial charge in [-0.3, -0.25) is 14.6 Å². The smallest absolute Gasteiger partial charge is 0.223 e. The summed E-state index contributed by atoms with van der Waals surface area (Å²) in [6.45, 7) is 10.9. The molecular formula is C45H55N7O. The number of carbonyl (C=O) groups excluding carboxylic acids is 1. The van der Waals surface area contributed by atoms with Crippen LogP contribution in [0.4, 0.5) is 0 Å². The van der Waals surface area contributed by atoms with Crippen molar-refractivity contribution in [2.75, 3.05) is 27.2 Å². The number of aromatic nitrogens is 4. The average Bonchev–Trinajstić information content (AvgIpc) is 4.00. The molecule has 1 saturated carbocycles. The number of H-pyrrole nitrogens is 2. The molecule has 8 nitrogen and oxygen atoms in total. The Labute approximate surface area is 315 Å². The molecule has 8 heteroatoms. The lowest BCUT2D eigenvalue weighted by molar-refractivity contribution is -0.133. The van der Waals surface area contributed by atoms with Crippen molar-refractivity contribution in [1.82, 2.24) is 34.6 Å². The first kappa shape index (κ1) is 34.6. The zero-order valence-corrected chi connectivity index (χ0v) is 32.4. The van der Waals surface area contributed by atoms with Crippen LogP contribution in [0.15, 0.2) is 36.7 Å². The van der Waals surface area contributed by atoms with E-state index in [0.29, 0.717) is 36.3 Å². The van der Waals surface area contributed by atoms with E-state index in [0.717, 1.165) is 61.8 Å². The summed E-state index contributed by atoms with van der Waals surface area (Å²) in [6.07, 6.45) is 13.7. The highest BCUT2D eigenvalue weighted by molar-refractivity contribution is 5.82. The van der Waals surface area contributed by atoms with Gasteiger partial charge < -0.3 is 14.9 Å². The van der Waals surface area contributed by atoms with Gasteiger partial charge in [0.2, 0.25) is 5.91 Å². The lowest BCUT2D eigenvalue weighted by Crippen LogP contribution is -2.31. The molecule has 3 aliphatic heterocycles. The fourth-order valence-corrected chi connectivity index (χ4v) is 10.9. The van der Waals surface area contributed by atoms with Crippen LogP contribution in [0.3, 0.4) is 0 Å². The third kappa shape index (κ3) is 5.77. The van der Waals surface area contributed by atoms with E-state index in [1.165, 1.54) is 64.6 Å². The van der Waals surface area contributed by atoms with Crippen molar-refractivity contribution < 1.29 is 4.79 Å². The van der Waals surface area contributed by atoms with Gasteiger partial charge in [0.15, 0.2) is 0 Å². The molecule has 276 valence electrons. The van der Waals surface area contributed by atoms with Crippen LogP contribution in [-0.4, -0.2) is 67.7 Å². The number of hydrogen-bond donors (Lipinski definition) is 2. The molecule has 1 amide bonds. The lowest BCUT2D eigenvalue weighted by Gasteiger charge is -2.24. The zero-order valence-electron chi connectivity index (χ0n) is 32.4. The van der Waals surface area contributed by atoms with Crippen LogP contribution < -0.4 is 0 Å². The summed E-state index contributed by atoms with van der Waals surface area (Å²) in [5.41, 5.74) is 13.1. The van der Waals surface area contributed by atoms with Crippen LogP contribution in [0.1, 0.15) is 167 Å². The third-order valence-electron chi connectivity index (χ3n) is 13.5. The maximum Gasteiger partial charge on any atom is 0.223 e. The largest absolute Gasteiger partial charge is 0.340 e. The molecule has 53 heavy (non-hydrogen) atoms. The first-order valence-corrected chi connectivity index (χ1v) is 20.4. The maximum atomic E-state index is 13.2. The summed E-state index contributed by atoms with van der Waals surface area (Å²) in [4.78, 5) is 37.1. The van der Waals surface area contributed by atoms with Crippen molar-refractivity contribution in [2.45, 2.75) is 121 Å². The number of nitrogens with one attached hydrogen (secondary N) is 2. The maximum absolute atomic E-state index is 13.2. The minimum Gasteiger partial charge on any atom is -0.340 e. The van der Waals surface area contributed by atoms with E-state index in [4.69, 9.17) is 9.97 Å². The molecule has 5 heterocycles. The Hall–Kier alpha value is -4.19. The number of imidazole rings is 2. The van der Waals surface area contributed by atoms with Gasteiger partial charge in [-0.25, -0.2) is 9.97 Å². The molecule has 0 spiro atoms. The molecule has 2 aromatic heterocycles. The SMILES string of the molecule is CCC1c2c(-c3cnc([C@@H]4CCCN4C(=O)CC(C)C)[nH]3)ccc(-c3ccc(C#Cc4cnc(C5CCCN5C)[nH]4)c4c3C3CCC4C3)c2C(C)N1C. The number of amides is 1. The number of nitrogens with zero attached hydrogens (tertiary/aromatic N) is 5. The zero-order chi connectivity index (χ0) is 36.5. The van der Waals surface area contributed by atoms with Crippen LogP contribution in [0.2, 0.25) is 0 Å². The summed E-state index contributed by atoms with van der Waals surface area (Å²) in [7, 11) is 4.48. The van der Waals surface area contributed by atoms with Gasteiger partial charge in [0.25, 0.3) is 0 Å². The number of likely N-dealkylation sites (tertiary alicyclic amines) is 2. The topological polar surface area (TPSA) is 84.1 Å². The van der Waals surface area contributed by atoms with Crippen LogP contribution in [0, 0.1) is 17.8 Å². The summed E-state index contributed by atoms with van der Waals surface area (Å²) >= 11 is 0. The number of carbonyl (C=O) groups is 1. The van der Waals surface area contributed by atoms with Crippen molar-refractivity contribution in [1.29, 1.82) is 0 Å². The summed E-state index contributed by atoms with van der Waals surface area (Å²) in [5.74, 6) is 10.8. The quantitative estimate of drug-likeness (QED) is 0.187. The van der Waals surface area contributed by atoms with Crippen LogP contribution in [-0.2, 0) is 4.79 Å². The standard InChI is InChI=1S/C45H55N7O/c1-7-36-43-34(35-25-47-45(49-35)38-11-9-21-52(38)39(53)22-26(2)3)19-18-32(40(43)27(4)51(36)6)33-17-15-28(41-29-12-13-30(23-29)42(33)41)14-16-31-24-46-44(48-31)37-10-8-20-50(37)5/h15,17-19,24-27,29-30,36-38H,7-13,20-23H2,1-6H3,(H,46,48)(H,47,49)/t27?,29?,30?,36?,37?,38-/m0/s1. The molecule has 4 aromatic rings. The molecule has 2 saturated heterocycles. The molecule has 2 aromatic carbocycles. The molecular weight excluding hydrogens is 655 g/mol. The highest BCUT2D eigenvalue weighted by Gasteiger charge is 2.43. The number of aromatic amines is 2. The second-order valence-corrected chi connectivity index (χ2v) is 17.0. The predicted molar refractivity (Wildman–Crippen MR) is 210 cm³/mol. The van der Waals surface area contributed by atoms with E-state index < -0.39 is 0 Å². The average molecular weight is 710 g/mol. The van der Waals surface area contributed by atoms with Crippen molar-refractivity contribution in [2.24, 2.45) is 5.92 Å². The molecule has 5 unspecified atom stereocenters. The fourth-order valence-electron chi connectivity index (χ4n) is 10.9. The second-order valence-electron chi connectivity index (χ2n) is 17.0. The Kier molecular flexibility index (Phi) is 8.86. The highest BCUT2D eigenvalue weighted by atomic mass is 16.2. The van der Waals surface area contributed by atoms with Gasteiger partial charge in [0.1, 0.15) is 17.3 Å². The van der Waals surface area contributed by atoms with Gasteiger partial charge in [0.05, 0.1) is 30.2 Å². The predicted octanol–water partition coefficient (Wildman–Crippen LogP) is 9.17. The van der Waals surface area contributed by atoms with E-state index in [2.05, 4.69) is 103 Å². The van der Waals surface area contributed by atoms with Crippen molar-refractivity contribution in [3.63, 3.8) is 0 Å². The number of fused-ring (bicyclic) bond motifs is 6. The Morgan fingerprint density at radius 3 is 2.30 bits per heavy atom. The normalized spacial score (nSPS) is 26.4. The molecule has 6 atom stereocenters. The van der Waals surface area contributed by atoms with E-state index in [9.17, 15) is 4.79 Å². The Balaban J connectivity index is 1.09. The number of benzene rings is 2. The lowest BCUT2D eigenvalue weighted by atomic mass is 9.80. The molecule has 9 rings (SSSR count). The first-order chi connectivity index (χ1) is 25.7. The van der Waals surface area contributed by atoms with Gasteiger partial charge in [-0.1, -0.05) is 44.9 Å². The monoisotopic (exact) mass is 709 g/mol. The summed E-state index contributed by atoms with van der Waals surface area (Å²) < 4.78 is 0. The second kappa shape index (κ2) is 13.6. The molecule has 5 aliphatic rings.